The van der Waals surface area contributed by atoms with Gasteiger partial charge in [-0.05, 0) is 98.6 Å². The van der Waals surface area contributed by atoms with Gasteiger partial charge >= 0.3 is 0 Å². The van der Waals surface area contributed by atoms with E-state index in [-0.39, 0.29) is 32.5 Å². The van der Waals surface area contributed by atoms with E-state index in [0.717, 1.165) is 121 Å². The van der Waals surface area contributed by atoms with Gasteiger partial charge in [0.15, 0.2) is 15.6 Å². The highest BCUT2D eigenvalue weighted by Crippen LogP contribution is 2.75. The highest BCUT2D eigenvalue weighted by molar-refractivity contribution is 7.92. The average Bonchev–Trinajstić information content (AvgIpc) is 3.71. The Morgan fingerprint density at radius 2 is 1.77 bits per heavy atom. The number of pyridine rings is 1. The van der Waals surface area contributed by atoms with Crippen LogP contribution in [0.25, 0.3) is 11.0 Å². The molecule has 16 heteroatoms. The molecule has 0 unspecified atom stereocenters. The Morgan fingerprint density at radius 3 is 2.50 bits per heavy atom. The van der Waals surface area contributed by atoms with Gasteiger partial charge in [-0.3, -0.25) is 19.8 Å². The van der Waals surface area contributed by atoms with Gasteiger partial charge in [-0.1, -0.05) is 25.0 Å². The average molecular weight is 913 g/mol. The Morgan fingerprint density at radius 1 is 1.00 bits per heavy atom. The van der Waals surface area contributed by atoms with Crippen molar-refractivity contribution >= 4 is 55.3 Å². The summed E-state index contributed by atoms with van der Waals surface area (Å²) in [6.45, 7) is 13.8. The number of nitrogens with one attached hydrogen (secondary N) is 2. The second-order valence-corrected chi connectivity index (χ2v) is 23.2. The number of alkyl halides is 1. The number of fused-ring (bicyclic) bond motifs is 1. The lowest BCUT2D eigenvalue weighted by molar-refractivity contribution is -0.384. The van der Waals surface area contributed by atoms with Gasteiger partial charge < -0.3 is 29.6 Å². The Kier molecular flexibility index (Phi) is 11.1. The van der Waals surface area contributed by atoms with Crippen LogP contribution in [0.4, 0.5) is 17.1 Å². The van der Waals surface area contributed by atoms with Crippen LogP contribution in [0.3, 0.4) is 0 Å². The summed E-state index contributed by atoms with van der Waals surface area (Å²) in [5.74, 6) is -0.982. The molecule has 4 aliphatic carbocycles. The molecule has 7 aliphatic rings. The minimum Gasteiger partial charge on any atom is -0.455 e. The summed E-state index contributed by atoms with van der Waals surface area (Å²) in [6.07, 6.45) is 12.3. The lowest BCUT2D eigenvalue weighted by atomic mass is 9.39. The van der Waals surface area contributed by atoms with Gasteiger partial charge in [0.25, 0.3) is 5.69 Å². The van der Waals surface area contributed by atoms with Crippen molar-refractivity contribution in [1.29, 1.82) is 0 Å². The second kappa shape index (κ2) is 16.4. The Balaban J connectivity index is 0.829. The van der Waals surface area contributed by atoms with Gasteiger partial charge in [-0.2, -0.15) is 0 Å². The van der Waals surface area contributed by atoms with Crippen LogP contribution in [0, 0.1) is 26.4 Å². The first-order chi connectivity index (χ1) is 30.6. The molecule has 2 aromatic heterocycles. The Bertz CT molecular complexity index is 2600. The molecule has 3 saturated carbocycles. The van der Waals surface area contributed by atoms with Gasteiger partial charge in [0.05, 0.1) is 21.6 Å². The van der Waals surface area contributed by atoms with Crippen LogP contribution in [-0.4, -0.2) is 122 Å². The number of piperazine rings is 1. The van der Waals surface area contributed by atoms with Crippen molar-refractivity contribution in [2.45, 2.75) is 75.0 Å². The second-order valence-electron chi connectivity index (χ2n) is 20.4. The first-order valence-electron chi connectivity index (χ1n) is 22.8. The minimum absolute atomic E-state index is 0.0458. The summed E-state index contributed by atoms with van der Waals surface area (Å²) in [7, 11) is -4.30. The number of carbonyl (C=O) groups excluding carboxylic acids is 1. The van der Waals surface area contributed by atoms with E-state index in [1.54, 1.807) is 35.7 Å². The zero-order valence-corrected chi connectivity index (χ0v) is 38.4. The molecule has 3 aliphatic heterocycles. The number of allylic oxidation sites excluding steroid dienone is 1. The number of ketones is 1. The molecule has 64 heavy (non-hydrogen) atoms. The van der Waals surface area contributed by atoms with E-state index in [1.165, 1.54) is 18.6 Å². The largest absolute Gasteiger partial charge is 0.455 e. The van der Waals surface area contributed by atoms with Crippen molar-refractivity contribution < 1.29 is 27.6 Å². The number of H-pyrrole nitrogens is 1. The fourth-order valence-electron chi connectivity index (χ4n) is 11.5. The molecule has 4 aromatic rings. The number of aromatic amines is 1. The summed E-state index contributed by atoms with van der Waals surface area (Å²) in [4.78, 5) is 40.1. The number of sulfone groups is 1. The fourth-order valence-corrected chi connectivity index (χ4v) is 13.5. The lowest BCUT2D eigenvalue weighted by Crippen LogP contribution is -2.65. The monoisotopic (exact) mass is 911 g/mol. The van der Waals surface area contributed by atoms with Crippen LogP contribution < -0.4 is 15.0 Å². The van der Waals surface area contributed by atoms with Crippen LogP contribution >= 0.6 is 11.6 Å². The first kappa shape index (κ1) is 43.4. The molecule has 340 valence electrons. The first-order valence-corrected chi connectivity index (χ1v) is 24.8. The fraction of sp³-hybridized carbons (Fsp3) is 0.542. The maximum atomic E-state index is 14.1. The number of ether oxygens (including phenoxy) is 2. The number of carbonyl (C=O) groups is 1. The molecule has 1 spiro atoms. The van der Waals surface area contributed by atoms with Crippen molar-refractivity contribution in [3.05, 3.63) is 87.7 Å². The molecule has 3 saturated heterocycles. The number of hydrogen-bond donors (Lipinski definition) is 2. The summed E-state index contributed by atoms with van der Waals surface area (Å²) in [5, 5.41) is 16.2. The molecule has 0 radical (unpaired) electrons. The minimum atomic E-state index is -4.30. The van der Waals surface area contributed by atoms with Gasteiger partial charge in [-0.15, -0.1) is 11.6 Å². The highest BCUT2D eigenvalue weighted by atomic mass is 35.5. The Hall–Kier alpha value is -4.54. The van der Waals surface area contributed by atoms with Crippen LogP contribution in [0.5, 0.6) is 11.5 Å². The van der Waals surface area contributed by atoms with Crippen molar-refractivity contribution in [3.8, 4) is 11.5 Å². The topological polar surface area (TPSA) is 163 Å². The van der Waals surface area contributed by atoms with Crippen LogP contribution in [0.15, 0.2) is 77.0 Å². The number of nitro benzene ring substituents is 1. The number of anilines is 2. The van der Waals surface area contributed by atoms with Gasteiger partial charge in [0, 0.05) is 112 Å². The number of nitrogens with zero attached hydrogens (tertiary/aromatic N) is 5. The van der Waals surface area contributed by atoms with E-state index < -0.39 is 26.3 Å². The van der Waals surface area contributed by atoms with E-state index in [0.29, 0.717) is 40.7 Å². The molecule has 0 amide bonds. The van der Waals surface area contributed by atoms with E-state index in [1.807, 2.05) is 18.2 Å². The third kappa shape index (κ3) is 8.54. The number of rotatable bonds is 15. The number of benzene rings is 2. The van der Waals surface area contributed by atoms with Crippen LogP contribution in [-0.2, 0) is 14.6 Å². The molecule has 11 rings (SSSR count). The molecule has 0 atom stereocenters. The maximum absolute atomic E-state index is 14.1. The van der Waals surface area contributed by atoms with Crippen molar-refractivity contribution in [2.75, 3.05) is 88.1 Å². The number of likely N-dealkylation sites (tertiary alicyclic amines) is 1. The number of hydrogen-bond acceptors (Lipinski definition) is 12. The zero-order chi connectivity index (χ0) is 44.5. The molecule has 5 heterocycles. The number of Topliss-reactive ketones (excluding diaryl/α,β-unsaturated/α-hetero) is 1. The van der Waals surface area contributed by atoms with E-state index >= 15 is 0 Å². The van der Waals surface area contributed by atoms with Gasteiger partial charge in [0.2, 0.25) is 0 Å². The van der Waals surface area contributed by atoms with Gasteiger partial charge in [-0.25, -0.2) is 13.4 Å². The quantitative estimate of drug-likeness (QED) is 0.0387. The smallest absolute Gasteiger partial charge is 0.293 e. The SMILES string of the molecule is CC1(C)CCC(CN2CCN(c3ccc(C(=O)CS(=O)(=O)c4ccc(NCCN5CC6(CCOCC6)C5)c([N+](=O)[O-])c4)c(Oc4cnc5[nH]ccc5c4)c3)CC2)=C(C23CC(Cl)(C2)C3)C1. The van der Waals surface area contributed by atoms with E-state index in [9.17, 15) is 23.3 Å². The highest BCUT2D eigenvalue weighted by Gasteiger charge is 2.69. The summed E-state index contributed by atoms with van der Waals surface area (Å²) in [6, 6.07) is 12.7. The molecular formula is C48H58ClN7O7S. The summed E-state index contributed by atoms with van der Waals surface area (Å²) >= 11 is 6.76. The number of aromatic nitrogens is 2. The number of halogens is 1. The molecule has 6 fully saturated rings. The maximum Gasteiger partial charge on any atom is 0.293 e. The van der Waals surface area contributed by atoms with Crippen molar-refractivity contribution in [2.24, 2.45) is 16.2 Å². The van der Waals surface area contributed by atoms with Crippen LogP contribution in [0.2, 0.25) is 0 Å². The van der Waals surface area contributed by atoms with E-state index in [2.05, 4.69) is 43.8 Å². The van der Waals surface area contributed by atoms with Gasteiger partial charge in [0.1, 0.15) is 28.6 Å². The third-order valence-corrected chi connectivity index (χ3v) is 17.1. The molecule has 2 N–H and O–H groups in total. The zero-order valence-electron chi connectivity index (χ0n) is 36.8. The normalized spacial score (nSPS) is 25.4. The molecule has 14 nitrogen and oxygen atoms in total. The summed E-state index contributed by atoms with van der Waals surface area (Å²) < 4.78 is 39.6. The third-order valence-electron chi connectivity index (χ3n) is 15.1. The predicted molar refractivity (Wildman–Crippen MR) is 248 cm³/mol. The number of nitro groups is 1. The van der Waals surface area contributed by atoms with Crippen LogP contribution in [0.1, 0.15) is 75.6 Å². The molecular weight excluding hydrogens is 854 g/mol. The van der Waals surface area contributed by atoms with Crippen molar-refractivity contribution in [3.63, 3.8) is 0 Å². The predicted octanol–water partition coefficient (Wildman–Crippen LogP) is 8.23. The standard InChI is InChI=1S/C48H58ClN7O7S/c1-45(2)9-7-34(39(24-45)47-28-48(49,29-47)30-47)26-53-15-17-55(18-16-53)35-3-5-38(43(22-35)63-36-21-33-8-12-51-44(33)52-25-36)42(57)27-64(60,61)37-4-6-40(41(23-37)56(58)59)50-13-14-54-31-46(32-54)10-19-62-20-11-46/h3-6,8,12,21-23,25,50H,7,9-11,13-20,24,26-32H2,1-2H3,(H,51,52). The molecule has 2 bridgehead atoms. The summed E-state index contributed by atoms with van der Waals surface area (Å²) in [5.41, 5.74) is 5.78. The van der Waals surface area contributed by atoms with Crippen molar-refractivity contribution in [1.82, 2.24) is 19.8 Å². The Labute approximate surface area is 379 Å². The van der Waals surface area contributed by atoms with E-state index in [4.69, 9.17) is 21.1 Å². The lowest BCUT2D eigenvalue weighted by Gasteiger charge is -2.70. The molecule has 2 aromatic carbocycles.